The maximum atomic E-state index is 12.9. The zero-order chi connectivity index (χ0) is 20.1. The fraction of sp³-hybridized carbons (Fsp3) is 0.304. The van der Waals surface area contributed by atoms with Crippen LogP contribution in [0.25, 0.3) is 0 Å². The minimum Gasteiger partial charge on any atom is -0.490 e. The van der Waals surface area contributed by atoms with Crippen LogP contribution in [0.15, 0.2) is 60.8 Å². The number of nitrogens with zero attached hydrogens (tertiary/aromatic N) is 2. The minimum atomic E-state index is -0.224. The Hall–Kier alpha value is -3.12. The number of aromatic nitrogens is 2. The highest BCUT2D eigenvalue weighted by Gasteiger charge is 2.19. The number of aryl methyl sites for hydroxylation is 1. The Morgan fingerprint density at radius 1 is 1.21 bits per heavy atom. The smallest absolute Gasteiger partial charge is 0.260 e. The number of para-hydroxylation sites is 1. The lowest BCUT2D eigenvalue weighted by molar-refractivity contribution is 0.0673. The third-order valence-electron chi connectivity index (χ3n) is 4.99. The monoisotopic (exact) mass is 391 g/mol. The molecule has 0 radical (unpaired) electrons. The number of carbonyl (C=O) groups excluding carboxylic acids is 1. The Kier molecular flexibility index (Phi) is 5.91. The molecular formula is C23H25N3O3. The molecule has 1 N–H and O–H groups in total. The van der Waals surface area contributed by atoms with E-state index in [0.29, 0.717) is 30.3 Å². The zero-order valence-corrected chi connectivity index (χ0v) is 16.5. The first kappa shape index (κ1) is 19.2. The molecule has 1 aliphatic heterocycles. The van der Waals surface area contributed by atoms with Gasteiger partial charge in [-0.15, -0.1) is 0 Å². The molecule has 1 aromatic heterocycles. The minimum absolute atomic E-state index is 0.0991. The van der Waals surface area contributed by atoms with Crippen LogP contribution in [0.5, 0.6) is 5.75 Å². The van der Waals surface area contributed by atoms with Gasteiger partial charge in [-0.1, -0.05) is 42.0 Å². The molecule has 1 aliphatic rings. The summed E-state index contributed by atoms with van der Waals surface area (Å²) in [6, 6.07) is 17.3. The van der Waals surface area contributed by atoms with Crippen molar-refractivity contribution in [3.05, 3.63) is 77.5 Å². The van der Waals surface area contributed by atoms with Crippen molar-refractivity contribution < 1.29 is 14.3 Å². The summed E-state index contributed by atoms with van der Waals surface area (Å²) in [4.78, 5) is 12.9. The first-order valence-corrected chi connectivity index (χ1v) is 9.91. The average Bonchev–Trinajstić information content (AvgIpc) is 3.41. The van der Waals surface area contributed by atoms with Gasteiger partial charge in [0.1, 0.15) is 18.2 Å². The molecule has 1 unspecified atom stereocenters. The van der Waals surface area contributed by atoms with Crippen molar-refractivity contribution in [2.75, 3.05) is 18.5 Å². The van der Waals surface area contributed by atoms with Gasteiger partial charge in [-0.3, -0.25) is 4.79 Å². The second-order valence-corrected chi connectivity index (χ2v) is 7.26. The lowest BCUT2D eigenvalue weighted by atomic mass is 10.1. The predicted octanol–water partition coefficient (Wildman–Crippen LogP) is 4.05. The van der Waals surface area contributed by atoms with E-state index in [0.717, 1.165) is 25.0 Å². The topological polar surface area (TPSA) is 65.4 Å². The molecular weight excluding hydrogens is 366 g/mol. The van der Waals surface area contributed by atoms with Gasteiger partial charge < -0.3 is 14.8 Å². The maximum Gasteiger partial charge on any atom is 0.260 e. The molecule has 3 aromatic rings. The van der Waals surface area contributed by atoms with Crippen LogP contribution in [0.2, 0.25) is 0 Å². The van der Waals surface area contributed by atoms with Crippen LogP contribution in [-0.2, 0) is 11.3 Å². The van der Waals surface area contributed by atoms with Crippen LogP contribution in [0, 0.1) is 6.92 Å². The Balaban J connectivity index is 1.44. The number of hydrogen-bond donors (Lipinski definition) is 1. The summed E-state index contributed by atoms with van der Waals surface area (Å²) >= 11 is 0. The molecule has 6 heteroatoms. The second kappa shape index (κ2) is 8.92. The summed E-state index contributed by atoms with van der Waals surface area (Å²) in [7, 11) is 0. The first-order chi connectivity index (χ1) is 14.2. The summed E-state index contributed by atoms with van der Waals surface area (Å²) in [5.41, 5.74) is 2.83. The van der Waals surface area contributed by atoms with E-state index in [1.54, 1.807) is 23.0 Å². The Labute approximate surface area is 170 Å². The highest BCUT2D eigenvalue weighted by Crippen LogP contribution is 2.22. The van der Waals surface area contributed by atoms with Gasteiger partial charge in [0.05, 0.1) is 24.4 Å². The van der Waals surface area contributed by atoms with Gasteiger partial charge in [0.15, 0.2) is 0 Å². The fourth-order valence-electron chi connectivity index (χ4n) is 3.35. The van der Waals surface area contributed by atoms with E-state index >= 15 is 0 Å². The van der Waals surface area contributed by atoms with Gasteiger partial charge in [0, 0.05) is 12.7 Å². The fourth-order valence-corrected chi connectivity index (χ4v) is 3.35. The molecule has 1 fully saturated rings. The van der Waals surface area contributed by atoms with Gasteiger partial charge in [-0.25, -0.2) is 4.68 Å². The van der Waals surface area contributed by atoms with Crippen LogP contribution in [0.4, 0.5) is 5.82 Å². The third-order valence-corrected chi connectivity index (χ3v) is 4.99. The number of nitrogens with one attached hydrogen (secondary N) is 1. The van der Waals surface area contributed by atoms with Gasteiger partial charge in [0.25, 0.3) is 5.91 Å². The van der Waals surface area contributed by atoms with Crippen molar-refractivity contribution in [3.8, 4) is 5.75 Å². The summed E-state index contributed by atoms with van der Waals surface area (Å²) in [6.45, 7) is 3.87. The van der Waals surface area contributed by atoms with Crippen LogP contribution in [0.3, 0.4) is 0 Å². The molecule has 4 rings (SSSR count). The Morgan fingerprint density at radius 2 is 2.03 bits per heavy atom. The summed E-state index contributed by atoms with van der Waals surface area (Å²) < 4.78 is 13.3. The molecule has 1 atom stereocenters. The molecule has 0 aliphatic carbocycles. The number of amides is 1. The molecule has 1 amide bonds. The van der Waals surface area contributed by atoms with Crippen molar-refractivity contribution in [2.45, 2.75) is 32.4 Å². The van der Waals surface area contributed by atoms with Crippen molar-refractivity contribution in [1.29, 1.82) is 0 Å². The molecule has 0 spiro atoms. The molecule has 0 saturated carbocycles. The van der Waals surface area contributed by atoms with Crippen molar-refractivity contribution in [3.63, 3.8) is 0 Å². The quantitative estimate of drug-likeness (QED) is 0.660. The van der Waals surface area contributed by atoms with E-state index in [2.05, 4.69) is 41.6 Å². The number of rotatable bonds is 7. The largest absolute Gasteiger partial charge is 0.490 e. The molecule has 2 heterocycles. The van der Waals surface area contributed by atoms with E-state index in [4.69, 9.17) is 9.47 Å². The SMILES string of the molecule is Cc1ccc(Cn2nccc2NC(=O)c2ccccc2OCC2CCCO2)cc1. The lowest BCUT2D eigenvalue weighted by Crippen LogP contribution is -2.20. The zero-order valence-electron chi connectivity index (χ0n) is 16.5. The molecule has 0 bridgehead atoms. The van der Waals surface area contributed by atoms with Gasteiger partial charge in [0.2, 0.25) is 0 Å². The molecule has 150 valence electrons. The van der Waals surface area contributed by atoms with Crippen LogP contribution in [-0.4, -0.2) is 35.0 Å². The van der Waals surface area contributed by atoms with Gasteiger partial charge in [-0.2, -0.15) is 5.10 Å². The normalized spacial score (nSPS) is 16.0. The van der Waals surface area contributed by atoms with E-state index < -0.39 is 0 Å². The first-order valence-electron chi connectivity index (χ1n) is 9.91. The molecule has 29 heavy (non-hydrogen) atoms. The predicted molar refractivity (Wildman–Crippen MR) is 111 cm³/mol. The van der Waals surface area contributed by atoms with Crippen molar-refractivity contribution >= 4 is 11.7 Å². The van der Waals surface area contributed by atoms with E-state index in [1.165, 1.54) is 5.56 Å². The maximum absolute atomic E-state index is 12.9. The summed E-state index contributed by atoms with van der Waals surface area (Å²) in [5.74, 6) is 0.980. The standard InChI is InChI=1S/C23H25N3O3/c1-17-8-10-18(11-9-17)15-26-22(12-13-24-26)25-23(27)20-6-2-3-7-21(20)29-16-19-5-4-14-28-19/h2-3,6-13,19H,4-5,14-16H2,1H3,(H,25,27). The van der Waals surface area contributed by atoms with E-state index in [1.807, 2.05) is 18.2 Å². The van der Waals surface area contributed by atoms with Gasteiger partial charge in [-0.05, 0) is 37.5 Å². The van der Waals surface area contributed by atoms with E-state index in [-0.39, 0.29) is 12.0 Å². The van der Waals surface area contributed by atoms with Gasteiger partial charge >= 0.3 is 0 Å². The molecule has 2 aromatic carbocycles. The van der Waals surface area contributed by atoms with E-state index in [9.17, 15) is 4.79 Å². The Morgan fingerprint density at radius 3 is 2.83 bits per heavy atom. The van der Waals surface area contributed by atoms with Crippen LogP contribution in [0.1, 0.15) is 34.3 Å². The number of ether oxygens (including phenoxy) is 2. The van der Waals surface area contributed by atoms with Crippen molar-refractivity contribution in [2.24, 2.45) is 0 Å². The Bertz CT molecular complexity index is 960. The third kappa shape index (κ3) is 4.84. The average molecular weight is 391 g/mol. The molecule has 1 saturated heterocycles. The number of anilines is 1. The second-order valence-electron chi connectivity index (χ2n) is 7.26. The number of carbonyl (C=O) groups is 1. The van der Waals surface area contributed by atoms with Crippen LogP contribution >= 0.6 is 0 Å². The number of hydrogen-bond acceptors (Lipinski definition) is 4. The molecule has 6 nitrogen and oxygen atoms in total. The summed E-state index contributed by atoms with van der Waals surface area (Å²) in [5, 5.41) is 7.30. The number of benzene rings is 2. The van der Waals surface area contributed by atoms with Crippen molar-refractivity contribution in [1.82, 2.24) is 9.78 Å². The summed E-state index contributed by atoms with van der Waals surface area (Å²) in [6.07, 6.45) is 3.83. The highest BCUT2D eigenvalue weighted by molar-refractivity contribution is 6.05. The lowest BCUT2D eigenvalue weighted by Gasteiger charge is -2.15. The van der Waals surface area contributed by atoms with Crippen LogP contribution < -0.4 is 10.1 Å². The highest BCUT2D eigenvalue weighted by atomic mass is 16.5.